The molecule has 2 fully saturated rings. The number of piperidine rings is 1. The fraction of sp³-hybridized carbons (Fsp3) is 1.00. The van der Waals surface area contributed by atoms with Gasteiger partial charge >= 0.3 is 0 Å². The van der Waals surface area contributed by atoms with Crippen LogP contribution in [0.5, 0.6) is 0 Å². The number of rotatable bonds is 2. The van der Waals surface area contributed by atoms with E-state index in [0.29, 0.717) is 11.5 Å². The predicted molar refractivity (Wildman–Crippen MR) is 80.5 cm³/mol. The summed E-state index contributed by atoms with van der Waals surface area (Å²) in [6, 6.07) is 0.603. The fourth-order valence-electron chi connectivity index (χ4n) is 3.92. The first-order chi connectivity index (χ1) is 8.60. The maximum Gasteiger partial charge on any atom is 0.0760 e. The van der Waals surface area contributed by atoms with Crippen molar-refractivity contribution in [3.63, 3.8) is 0 Å². The number of hydrogen-bond donors (Lipinski definition) is 1. The van der Waals surface area contributed by atoms with Crippen LogP contribution in [0.15, 0.2) is 0 Å². The summed E-state index contributed by atoms with van der Waals surface area (Å²) < 4.78 is 6.17. The van der Waals surface area contributed by atoms with Crippen molar-refractivity contribution >= 4 is 0 Å². The zero-order chi connectivity index (χ0) is 14.3. The normalized spacial score (nSPS) is 34.1. The van der Waals surface area contributed by atoms with E-state index >= 15 is 0 Å². The van der Waals surface area contributed by atoms with E-state index in [1.165, 1.54) is 19.4 Å². The van der Waals surface area contributed by atoms with Gasteiger partial charge in [0.1, 0.15) is 0 Å². The van der Waals surface area contributed by atoms with Gasteiger partial charge in [0.15, 0.2) is 0 Å². The summed E-state index contributed by atoms with van der Waals surface area (Å²) in [4.78, 5) is 2.59. The quantitative estimate of drug-likeness (QED) is 0.833. The SMILES string of the molecule is CC1(C)CN(CC2NCCCC2(C)C)CC(C)(C)O1. The highest BCUT2D eigenvalue weighted by Crippen LogP contribution is 2.33. The van der Waals surface area contributed by atoms with Crippen LogP contribution in [-0.4, -0.2) is 48.3 Å². The van der Waals surface area contributed by atoms with E-state index in [4.69, 9.17) is 4.74 Å². The summed E-state index contributed by atoms with van der Waals surface area (Å²) >= 11 is 0. The number of morpholine rings is 1. The highest BCUT2D eigenvalue weighted by Gasteiger charge is 2.40. The summed E-state index contributed by atoms with van der Waals surface area (Å²) in [6.45, 7) is 18.0. The van der Waals surface area contributed by atoms with Gasteiger partial charge in [0.25, 0.3) is 0 Å². The Kier molecular flexibility index (Phi) is 4.03. The second-order valence-corrected chi connectivity index (χ2v) is 8.39. The number of nitrogens with zero attached hydrogens (tertiary/aromatic N) is 1. The van der Waals surface area contributed by atoms with E-state index in [9.17, 15) is 0 Å². The number of hydrogen-bond acceptors (Lipinski definition) is 3. The molecular weight excluding hydrogens is 236 g/mol. The topological polar surface area (TPSA) is 24.5 Å². The molecule has 0 spiro atoms. The lowest BCUT2D eigenvalue weighted by Gasteiger charge is -2.50. The van der Waals surface area contributed by atoms with Crippen LogP contribution in [0.3, 0.4) is 0 Å². The zero-order valence-corrected chi connectivity index (χ0v) is 13.7. The Balaban J connectivity index is 2.02. The molecule has 2 rings (SSSR count). The molecule has 2 aliphatic heterocycles. The van der Waals surface area contributed by atoms with Gasteiger partial charge in [-0.15, -0.1) is 0 Å². The third-order valence-corrected chi connectivity index (χ3v) is 4.53. The Labute approximate surface area is 119 Å². The molecular formula is C16H32N2O. The Morgan fingerprint density at radius 2 is 1.63 bits per heavy atom. The molecule has 0 aromatic heterocycles. The lowest BCUT2D eigenvalue weighted by Crippen LogP contribution is -2.61. The lowest BCUT2D eigenvalue weighted by atomic mass is 9.77. The molecule has 0 bridgehead atoms. The van der Waals surface area contributed by atoms with Gasteiger partial charge in [-0.25, -0.2) is 0 Å². The van der Waals surface area contributed by atoms with Crippen molar-refractivity contribution in [1.82, 2.24) is 10.2 Å². The third kappa shape index (κ3) is 3.93. The van der Waals surface area contributed by atoms with Crippen LogP contribution in [0.2, 0.25) is 0 Å². The van der Waals surface area contributed by atoms with Crippen LogP contribution in [-0.2, 0) is 4.74 Å². The number of nitrogens with one attached hydrogen (secondary N) is 1. The van der Waals surface area contributed by atoms with Crippen molar-refractivity contribution in [2.24, 2.45) is 5.41 Å². The fourth-order valence-corrected chi connectivity index (χ4v) is 3.92. The average Bonchev–Trinajstić information content (AvgIpc) is 2.16. The molecule has 0 aromatic carbocycles. The largest absolute Gasteiger partial charge is 0.367 e. The van der Waals surface area contributed by atoms with E-state index in [1.54, 1.807) is 0 Å². The first-order valence-electron chi connectivity index (χ1n) is 7.76. The van der Waals surface area contributed by atoms with Crippen LogP contribution in [0, 0.1) is 5.41 Å². The second-order valence-electron chi connectivity index (χ2n) is 8.39. The molecule has 2 aliphatic rings. The van der Waals surface area contributed by atoms with Gasteiger partial charge in [-0.05, 0) is 52.5 Å². The van der Waals surface area contributed by atoms with Crippen molar-refractivity contribution in [3.8, 4) is 0 Å². The minimum atomic E-state index is -0.0411. The molecule has 3 nitrogen and oxygen atoms in total. The van der Waals surface area contributed by atoms with Crippen molar-refractivity contribution < 1.29 is 4.74 Å². The maximum atomic E-state index is 6.17. The van der Waals surface area contributed by atoms with E-state index < -0.39 is 0 Å². The summed E-state index contributed by atoms with van der Waals surface area (Å²) in [5.74, 6) is 0. The monoisotopic (exact) mass is 268 g/mol. The maximum absolute atomic E-state index is 6.17. The van der Waals surface area contributed by atoms with E-state index in [0.717, 1.165) is 19.6 Å². The smallest absolute Gasteiger partial charge is 0.0760 e. The van der Waals surface area contributed by atoms with Gasteiger partial charge in [-0.1, -0.05) is 13.8 Å². The Morgan fingerprint density at radius 3 is 2.16 bits per heavy atom. The molecule has 2 heterocycles. The summed E-state index contributed by atoms with van der Waals surface area (Å²) in [5, 5.41) is 3.73. The Bertz CT molecular complexity index is 307. The highest BCUT2D eigenvalue weighted by atomic mass is 16.5. The molecule has 1 N–H and O–H groups in total. The van der Waals surface area contributed by atoms with E-state index in [-0.39, 0.29) is 11.2 Å². The van der Waals surface area contributed by atoms with Crippen LogP contribution < -0.4 is 5.32 Å². The van der Waals surface area contributed by atoms with Crippen molar-refractivity contribution in [2.75, 3.05) is 26.2 Å². The summed E-state index contributed by atoms with van der Waals surface area (Å²) in [7, 11) is 0. The zero-order valence-electron chi connectivity index (χ0n) is 13.7. The molecule has 0 saturated carbocycles. The molecule has 0 amide bonds. The minimum Gasteiger partial charge on any atom is -0.367 e. The van der Waals surface area contributed by atoms with Gasteiger partial charge in [-0.2, -0.15) is 0 Å². The van der Waals surface area contributed by atoms with Gasteiger partial charge in [0.2, 0.25) is 0 Å². The number of ether oxygens (including phenoxy) is 1. The second kappa shape index (κ2) is 5.01. The molecule has 3 heteroatoms. The van der Waals surface area contributed by atoms with Gasteiger partial charge in [0, 0.05) is 25.7 Å². The van der Waals surface area contributed by atoms with Crippen molar-refractivity contribution in [2.45, 2.75) is 71.6 Å². The molecule has 19 heavy (non-hydrogen) atoms. The van der Waals surface area contributed by atoms with Gasteiger partial charge < -0.3 is 10.1 Å². The predicted octanol–water partition coefficient (Wildman–Crippen LogP) is 2.65. The third-order valence-electron chi connectivity index (χ3n) is 4.53. The van der Waals surface area contributed by atoms with Gasteiger partial charge in [-0.3, -0.25) is 4.90 Å². The van der Waals surface area contributed by atoms with Crippen molar-refractivity contribution in [3.05, 3.63) is 0 Å². The van der Waals surface area contributed by atoms with Gasteiger partial charge in [0.05, 0.1) is 11.2 Å². The first kappa shape index (κ1) is 15.3. The molecule has 2 saturated heterocycles. The van der Waals surface area contributed by atoms with Crippen LogP contribution in [0.1, 0.15) is 54.4 Å². The average molecular weight is 268 g/mol. The summed E-state index contributed by atoms with van der Waals surface area (Å²) in [6.07, 6.45) is 2.64. The molecule has 0 aliphatic carbocycles. The lowest BCUT2D eigenvalue weighted by molar-refractivity contribution is -0.182. The molecule has 1 atom stereocenters. The summed E-state index contributed by atoms with van der Waals surface area (Å²) in [5.41, 5.74) is 0.325. The van der Waals surface area contributed by atoms with E-state index in [1.807, 2.05) is 0 Å². The molecule has 0 aromatic rings. The molecule has 112 valence electrons. The highest BCUT2D eigenvalue weighted by molar-refractivity contribution is 4.95. The minimum absolute atomic E-state index is 0.0411. The first-order valence-corrected chi connectivity index (χ1v) is 7.76. The Morgan fingerprint density at radius 1 is 1.05 bits per heavy atom. The van der Waals surface area contributed by atoms with E-state index in [2.05, 4.69) is 51.8 Å². The van der Waals surface area contributed by atoms with Crippen molar-refractivity contribution in [1.29, 1.82) is 0 Å². The van der Waals surface area contributed by atoms with Crippen LogP contribution in [0.25, 0.3) is 0 Å². The standard InChI is InChI=1S/C16H32N2O/c1-14(2)8-7-9-17-13(14)10-18-11-15(3,4)19-16(5,6)12-18/h13,17H,7-12H2,1-6H3. The Hall–Kier alpha value is -0.120. The van der Waals surface area contributed by atoms with Crippen LogP contribution in [0.4, 0.5) is 0 Å². The molecule has 1 unspecified atom stereocenters. The molecule has 0 radical (unpaired) electrons. The van der Waals surface area contributed by atoms with Crippen LogP contribution >= 0.6 is 0 Å².